The average Bonchev–Trinajstić information content (AvgIpc) is 3.34. The van der Waals surface area contributed by atoms with Crippen molar-refractivity contribution in [2.24, 2.45) is 0 Å². The number of rotatable bonds is 6. The topological polar surface area (TPSA) is 70.2 Å². The molecule has 6 heteroatoms. The smallest absolute Gasteiger partial charge is 0.310 e. The van der Waals surface area contributed by atoms with Gasteiger partial charge in [0.25, 0.3) is 0 Å². The summed E-state index contributed by atoms with van der Waals surface area (Å²) < 4.78 is 12.6. The predicted octanol–water partition coefficient (Wildman–Crippen LogP) is 4.43. The molecule has 146 valence electrons. The van der Waals surface area contributed by atoms with Gasteiger partial charge in [-0.25, -0.2) is 4.68 Å². The molecule has 0 aliphatic carbocycles. The average molecular weight is 387 g/mol. The van der Waals surface area contributed by atoms with Gasteiger partial charge in [0.1, 0.15) is 12.3 Å². The molecule has 2 aromatic heterocycles. The molecule has 4 aromatic rings. The fraction of sp³-hybridized carbons (Fsp3) is 0.174. The van der Waals surface area contributed by atoms with Gasteiger partial charge in [-0.15, -0.1) is 0 Å². The zero-order valence-corrected chi connectivity index (χ0v) is 16.3. The first kappa shape index (κ1) is 18.7. The Morgan fingerprint density at radius 1 is 1.03 bits per heavy atom. The van der Waals surface area contributed by atoms with Crippen molar-refractivity contribution in [3.8, 4) is 17.0 Å². The second-order valence-corrected chi connectivity index (χ2v) is 6.78. The van der Waals surface area contributed by atoms with E-state index in [0.717, 1.165) is 28.2 Å². The molecule has 6 nitrogen and oxygen atoms in total. The van der Waals surface area contributed by atoms with Crippen molar-refractivity contribution in [1.82, 2.24) is 14.9 Å². The predicted molar refractivity (Wildman–Crippen MR) is 108 cm³/mol. The summed E-state index contributed by atoms with van der Waals surface area (Å²) in [5.41, 5.74) is 5.09. The number of aromatic nitrogens is 3. The summed E-state index contributed by atoms with van der Waals surface area (Å²) in [5, 5.41) is 8.55. The highest BCUT2D eigenvalue weighted by molar-refractivity contribution is 5.73. The van der Waals surface area contributed by atoms with Gasteiger partial charge in [-0.3, -0.25) is 4.79 Å². The van der Waals surface area contributed by atoms with E-state index in [9.17, 15) is 4.79 Å². The van der Waals surface area contributed by atoms with E-state index >= 15 is 0 Å². The van der Waals surface area contributed by atoms with Crippen LogP contribution in [0.3, 0.4) is 0 Å². The second kappa shape index (κ2) is 8.14. The van der Waals surface area contributed by atoms with Crippen LogP contribution < -0.4 is 0 Å². The third-order valence-corrected chi connectivity index (χ3v) is 4.76. The van der Waals surface area contributed by atoms with Crippen LogP contribution in [0.5, 0.6) is 0 Å². The maximum Gasteiger partial charge on any atom is 0.310 e. The summed E-state index contributed by atoms with van der Waals surface area (Å²) in [7, 11) is 0. The van der Waals surface area contributed by atoms with Crippen LogP contribution in [-0.2, 0) is 22.6 Å². The molecular formula is C23H21N3O3. The summed E-state index contributed by atoms with van der Waals surface area (Å²) in [5.74, 6) is 0.320. The highest BCUT2D eigenvalue weighted by atomic mass is 16.5. The number of benzene rings is 2. The summed E-state index contributed by atoms with van der Waals surface area (Å²) in [4.78, 5) is 12.4. The molecular weight excluding hydrogens is 366 g/mol. The molecule has 0 amide bonds. The number of hydrogen-bond acceptors (Lipinski definition) is 5. The van der Waals surface area contributed by atoms with Gasteiger partial charge in [0.2, 0.25) is 0 Å². The van der Waals surface area contributed by atoms with Gasteiger partial charge in [0, 0.05) is 22.9 Å². The Morgan fingerprint density at radius 3 is 2.45 bits per heavy atom. The number of carbonyl (C=O) groups is 1. The number of aryl methyl sites for hydroxylation is 1. The van der Waals surface area contributed by atoms with Gasteiger partial charge < -0.3 is 9.26 Å². The number of ether oxygens (including phenoxy) is 1. The number of carbonyl (C=O) groups excluding carboxylic acids is 1. The molecule has 0 aliphatic heterocycles. The fourth-order valence-corrected chi connectivity index (χ4v) is 3.22. The Kier molecular flexibility index (Phi) is 5.24. The zero-order chi connectivity index (χ0) is 20.2. The lowest BCUT2D eigenvalue weighted by Crippen LogP contribution is -2.09. The van der Waals surface area contributed by atoms with Crippen molar-refractivity contribution in [1.29, 1.82) is 0 Å². The zero-order valence-electron chi connectivity index (χ0n) is 16.3. The lowest BCUT2D eigenvalue weighted by molar-refractivity contribution is -0.144. The van der Waals surface area contributed by atoms with Crippen LogP contribution in [0.1, 0.15) is 22.6 Å². The molecule has 0 fully saturated rings. The Bertz CT molecular complexity index is 1110. The molecule has 0 aliphatic rings. The molecule has 4 rings (SSSR count). The van der Waals surface area contributed by atoms with Crippen molar-refractivity contribution in [2.45, 2.75) is 26.9 Å². The van der Waals surface area contributed by atoms with E-state index in [1.165, 1.54) is 0 Å². The third-order valence-electron chi connectivity index (χ3n) is 4.76. The van der Waals surface area contributed by atoms with E-state index in [2.05, 4.69) is 10.3 Å². The van der Waals surface area contributed by atoms with Gasteiger partial charge >= 0.3 is 5.97 Å². The van der Waals surface area contributed by atoms with Crippen molar-refractivity contribution in [2.75, 3.05) is 0 Å². The van der Waals surface area contributed by atoms with E-state index in [1.807, 2.05) is 79.2 Å². The SMILES string of the molecule is Cc1nn(-c2ccccc2)c(C)c1CC(=O)OCc1cc(-c2ccccc2)on1. The van der Waals surface area contributed by atoms with Crippen molar-refractivity contribution in [3.05, 3.63) is 89.4 Å². The minimum Gasteiger partial charge on any atom is -0.459 e. The first-order valence-electron chi connectivity index (χ1n) is 9.39. The van der Waals surface area contributed by atoms with Crippen LogP contribution in [0.2, 0.25) is 0 Å². The van der Waals surface area contributed by atoms with Crippen LogP contribution in [0.15, 0.2) is 71.3 Å². The largest absolute Gasteiger partial charge is 0.459 e. The van der Waals surface area contributed by atoms with E-state index in [-0.39, 0.29) is 19.0 Å². The van der Waals surface area contributed by atoms with Crippen LogP contribution in [-0.4, -0.2) is 20.9 Å². The third kappa shape index (κ3) is 4.11. The standard InChI is InChI=1S/C23H21N3O3/c1-16-21(17(2)26(24-16)20-11-7-4-8-12-20)14-23(27)28-15-19-13-22(29-25-19)18-9-5-3-6-10-18/h3-13H,14-15H2,1-2H3. The highest BCUT2D eigenvalue weighted by Gasteiger charge is 2.17. The maximum absolute atomic E-state index is 12.4. The lowest BCUT2D eigenvalue weighted by atomic mass is 10.1. The van der Waals surface area contributed by atoms with E-state index in [0.29, 0.717) is 11.5 Å². The maximum atomic E-state index is 12.4. The molecule has 0 bridgehead atoms. The molecule has 0 atom stereocenters. The quantitative estimate of drug-likeness (QED) is 0.458. The molecule has 0 unspecified atom stereocenters. The summed E-state index contributed by atoms with van der Waals surface area (Å²) in [6.07, 6.45) is 0.161. The second-order valence-electron chi connectivity index (χ2n) is 6.78. The Balaban J connectivity index is 1.41. The Labute approximate surface area is 168 Å². The monoisotopic (exact) mass is 387 g/mol. The number of esters is 1. The normalized spacial score (nSPS) is 10.8. The van der Waals surface area contributed by atoms with Crippen molar-refractivity contribution in [3.63, 3.8) is 0 Å². The Morgan fingerprint density at radius 2 is 1.72 bits per heavy atom. The first-order valence-corrected chi connectivity index (χ1v) is 9.39. The molecule has 0 saturated carbocycles. The van der Waals surface area contributed by atoms with Crippen LogP contribution in [0.4, 0.5) is 0 Å². The van der Waals surface area contributed by atoms with Gasteiger partial charge in [-0.1, -0.05) is 53.7 Å². The molecule has 2 heterocycles. The number of nitrogens with zero attached hydrogens (tertiary/aromatic N) is 3. The molecule has 2 aromatic carbocycles. The number of hydrogen-bond donors (Lipinski definition) is 0. The van der Waals surface area contributed by atoms with Gasteiger partial charge in [-0.2, -0.15) is 5.10 Å². The van der Waals surface area contributed by atoms with Crippen LogP contribution in [0.25, 0.3) is 17.0 Å². The van der Waals surface area contributed by atoms with Crippen LogP contribution in [0, 0.1) is 13.8 Å². The molecule has 0 spiro atoms. The molecule has 0 N–H and O–H groups in total. The van der Waals surface area contributed by atoms with E-state index < -0.39 is 0 Å². The van der Waals surface area contributed by atoms with E-state index in [4.69, 9.17) is 9.26 Å². The lowest BCUT2D eigenvalue weighted by Gasteiger charge is -2.05. The molecule has 0 saturated heterocycles. The van der Waals surface area contributed by atoms with Gasteiger partial charge in [0.15, 0.2) is 5.76 Å². The highest BCUT2D eigenvalue weighted by Crippen LogP contribution is 2.21. The minimum absolute atomic E-state index is 0.0695. The van der Waals surface area contributed by atoms with Crippen LogP contribution >= 0.6 is 0 Å². The molecule has 0 radical (unpaired) electrons. The van der Waals surface area contributed by atoms with E-state index in [1.54, 1.807) is 6.07 Å². The van der Waals surface area contributed by atoms with Gasteiger partial charge in [-0.05, 0) is 26.0 Å². The van der Waals surface area contributed by atoms with Crippen molar-refractivity contribution < 1.29 is 14.1 Å². The Hall–Kier alpha value is -3.67. The first-order chi connectivity index (χ1) is 14.1. The summed E-state index contributed by atoms with van der Waals surface area (Å²) >= 11 is 0. The molecule has 29 heavy (non-hydrogen) atoms. The number of para-hydroxylation sites is 1. The minimum atomic E-state index is -0.326. The van der Waals surface area contributed by atoms with Crippen molar-refractivity contribution >= 4 is 5.97 Å². The summed E-state index contributed by atoms with van der Waals surface area (Å²) in [6.45, 7) is 3.93. The summed E-state index contributed by atoms with van der Waals surface area (Å²) in [6, 6.07) is 21.3. The fourth-order valence-electron chi connectivity index (χ4n) is 3.22. The van der Waals surface area contributed by atoms with Gasteiger partial charge in [0.05, 0.1) is 17.8 Å².